The normalized spacial score (nSPS) is 20.4. The van der Waals surface area contributed by atoms with Crippen molar-refractivity contribution >= 4 is 5.95 Å². The fourth-order valence-corrected chi connectivity index (χ4v) is 2.08. The topological polar surface area (TPSA) is 64.3 Å². The fraction of sp³-hybridized carbons (Fsp3) is 0.667. The Morgan fingerprint density at radius 3 is 3.06 bits per heavy atom. The molecule has 17 heavy (non-hydrogen) atoms. The Bertz CT molecular complexity index is 383. The average molecular weight is 236 g/mol. The minimum atomic E-state index is 0.225. The molecule has 2 rings (SSSR count). The molecule has 5 heteroatoms. The van der Waals surface area contributed by atoms with Gasteiger partial charge in [0.2, 0.25) is 11.8 Å². The largest absolute Gasteiger partial charge is 0.478 e. The van der Waals surface area contributed by atoms with Gasteiger partial charge in [-0.1, -0.05) is 0 Å². The number of hydrogen-bond acceptors (Lipinski definition) is 5. The molecular weight excluding hydrogens is 216 g/mol. The Morgan fingerprint density at radius 1 is 1.53 bits per heavy atom. The van der Waals surface area contributed by atoms with Crippen LogP contribution in [0.4, 0.5) is 5.95 Å². The van der Waals surface area contributed by atoms with Crippen LogP contribution in [0.5, 0.6) is 5.88 Å². The van der Waals surface area contributed by atoms with E-state index < -0.39 is 0 Å². The van der Waals surface area contributed by atoms with E-state index in [1.807, 2.05) is 19.9 Å². The molecule has 0 radical (unpaired) electrons. The van der Waals surface area contributed by atoms with Crippen LogP contribution in [0.2, 0.25) is 0 Å². The van der Waals surface area contributed by atoms with Crippen LogP contribution < -0.4 is 15.4 Å². The highest BCUT2D eigenvalue weighted by Crippen LogP contribution is 2.19. The summed E-state index contributed by atoms with van der Waals surface area (Å²) in [5, 5.41) is 0. The molecule has 1 atom stereocenters. The molecule has 1 aliphatic heterocycles. The van der Waals surface area contributed by atoms with Crippen molar-refractivity contribution in [2.75, 3.05) is 24.6 Å². The standard InChI is InChI=1S/C12H20N4O/c1-3-17-11-7-9(2)14-12(15-11)16-6-4-5-10(13)8-16/h7,10H,3-6,8,13H2,1-2H3/t10-/m1/s1. The lowest BCUT2D eigenvalue weighted by Gasteiger charge is -2.30. The van der Waals surface area contributed by atoms with Crippen LogP contribution >= 0.6 is 0 Å². The lowest BCUT2D eigenvalue weighted by atomic mass is 10.1. The smallest absolute Gasteiger partial charge is 0.228 e. The third-order valence-corrected chi connectivity index (χ3v) is 2.85. The van der Waals surface area contributed by atoms with Crippen molar-refractivity contribution in [3.8, 4) is 5.88 Å². The van der Waals surface area contributed by atoms with Crippen LogP contribution in [0.1, 0.15) is 25.5 Å². The number of aryl methyl sites for hydroxylation is 1. The first-order valence-corrected chi connectivity index (χ1v) is 6.18. The zero-order chi connectivity index (χ0) is 12.3. The lowest BCUT2D eigenvalue weighted by Crippen LogP contribution is -2.43. The van der Waals surface area contributed by atoms with E-state index in [1.165, 1.54) is 0 Å². The Balaban J connectivity index is 2.18. The summed E-state index contributed by atoms with van der Waals surface area (Å²) < 4.78 is 5.44. The summed E-state index contributed by atoms with van der Waals surface area (Å²) >= 11 is 0. The molecule has 2 heterocycles. The molecular formula is C12H20N4O. The van der Waals surface area contributed by atoms with Gasteiger partial charge >= 0.3 is 0 Å². The zero-order valence-electron chi connectivity index (χ0n) is 10.5. The number of anilines is 1. The minimum Gasteiger partial charge on any atom is -0.478 e. The molecule has 0 aromatic carbocycles. The van der Waals surface area contributed by atoms with Gasteiger partial charge in [0, 0.05) is 30.9 Å². The highest BCUT2D eigenvalue weighted by molar-refractivity contribution is 5.35. The van der Waals surface area contributed by atoms with Crippen LogP contribution in [-0.4, -0.2) is 35.7 Å². The van der Waals surface area contributed by atoms with Gasteiger partial charge in [0.05, 0.1) is 6.61 Å². The number of piperidine rings is 1. The van der Waals surface area contributed by atoms with Gasteiger partial charge < -0.3 is 15.4 Å². The molecule has 0 aliphatic carbocycles. The Labute approximate surface area is 102 Å². The second-order valence-corrected chi connectivity index (χ2v) is 4.43. The third kappa shape index (κ3) is 3.06. The summed E-state index contributed by atoms with van der Waals surface area (Å²) in [6.45, 7) is 6.33. The van der Waals surface area contributed by atoms with Crippen LogP contribution in [0, 0.1) is 6.92 Å². The first-order valence-electron chi connectivity index (χ1n) is 6.18. The number of aromatic nitrogens is 2. The second-order valence-electron chi connectivity index (χ2n) is 4.43. The Kier molecular flexibility index (Phi) is 3.78. The first-order chi connectivity index (χ1) is 8.19. The van der Waals surface area contributed by atoms with E-state index in [4.69, 9.17) is 10.5 Å². The van der Waals surface area contributed by atoms with Gasteiger partial charge in [0.25, 0.3) is 0 Å². The molecule has 1 aromatic heterocycles. The third-order valence-electron chi connectivity index (χ3n) is 2.85. The average Bonchev–Trinajstić information content (AvgIpc) is 2.28. The van der Waals surface area contributed by atoms with Gasteiger partial charge in [-0.05, 0) is 26.7 Å². The van der Waals surface area contributed by atoms with Crippen molar-refractivity contribution in [2.45, 2.75) is 32.7 Å². The van der Waals surface area contributed by atoms with Gasteiger partial charge in [-0.25, -0.2) is 4.98 Å². The van der Waals surface area contributed by atoms with Crippen molar-refractivity contribution in [1.82, 2.24) is 9.97 Å². The second kappa shape index (κ2) is 5.31. The summed E-state index contributed by atoms with van der Waals surface area (Å²) in [4.78, 5) is 11.0. The van der Waals surface area contributed by atoms with Crippen LogP contribution in [-0.2, 0) is 0 Å². The molecule has 5 nitrogen and oxygen atoms in total. The molecule has 1 fully saturated rings. The van der Waals surface area contributed by atoms with Crippen molar-refractivity contribution < 1.29 is 4.74 Å². The minimum absolute atomic E-state index is 0.225. The summed E-state index contributed by atoms with van der Waals surface area (Å²) in [6.07, 6.45) is 2.18. The molecule has 0 amide bonds. The van der Waals surface area contributed by atoms with E-state index in [9.17, 15) is 0 Å². The predicted molar refractivity (Wildman–Crippen MR) is 67.4 cm³/mol. The molecule has 1 aromatic rings. The summed E-state index contributed by atoms with van der Waals surface area (Å²) in [7, 11) is 0. The van der Waals surface area contributed by atoms with Crippen LogP contribution in [0.15, 0.2) is 6.07 Å². The van der Waals surface area contributed by atoms with Gasteiger partial charge in [-0.3, -0.25) is 0 Å². The Hall–Kier alpha value is -1.36. The summed E-state index contributed by atoms with van der Waals surface area (Å²) in [5.74, 6) is 1.39. The highest BCUT2D eigenvalue weighted by atomic mass is 16.5. The van der Waals surface area contributed by atoms with E-state index in [2.05, 4.69) is 14.9 Å². The predicted octanol–water partition coefficient (Wildman–Crippen LogP) is 1.11. The maximum atomic E-state index is 5.97. The van der Waals surface area contributed by atoms with Gasteiger partial charge in [-0.2, -0.15) is 4.98 Å². The van der Waals surface area contributed by atoms with Gasteiger partial charge in [0.1, 0.15) is 0 Å². The SMILES string of the molecule is CCOc1cc(C)nc(N2CCC[C@@H](N)C2)n1. The number of nitrogens with two attached hydrogens (primary N) is 1. The van der Waals surface area contributed by atoms with E-state index in [0.29, 0.717) is 12.5 Å². The molecule has 0 unspecified atom stereocenters. The van der Waals surface area contributed by atoms with E-state index in [0.717, 1.165) is 37.6 Å². The van der Waals surface area contributed by atoms with Gasteiger partial charge in [0.15, 0.2) is 0 Å². The fourth-order valence-electron chi connectivity index (χ4n) is 2.08. The van der Waals surface area contributed by atoms with Crippen molar-refractivity contribution in [2.24, 2.45) is 5.73 Å². The first kappa shape index (κ1) is 12.1. The molecule has 1 saturated heterocycles. The number of ether oxygens (including phenoxy) is 1. The van der Waals surface area contributed by atoms with Crippen molar-refractivity contribution in [3.05, 3.63) is 11.8 Å². The van der Waals surface area contributed by atoms with Crippen LogP contribution in [0.3, 0.4) is 0 Å². The lowest BCUT2D eigenvalue weighted by molar-refractivity contribution is 0.325. The molecule has 0 spiro atoms. The van der Waals surface area contributed by atoms with Crippen LogP contribution in [0.25, 0.3) is 0 Å². The molecule has 0 bridgehead atoms. The molecule has 0 saturated carbocycles. The molecule has 2 N–H and O–H groups in total. The maximum Gasteiger partial charge on any atom is 0.228 e. The van der Waals surface area contributed by atoms with Gasteiger partial charge in [-0.15, -0.1) is 0 Å². The van der Waals surface area contributed by atoms with Crippen molar-refractivity contribution in [1.29, 1.82) is 0 Å². The number of rotatable bonds is 3. The number of nitrogens with zero attached hydrogens (tertiary/aromatic N) is 3. The van der Waals surface area contributed by atoms with Crippen molar-refractivity contribution in [3.63, 3.8) is 0 Å². The quantitative estimate of drug-likeness (QED) is 0.851. The summed E-state index contributed by atoms with van der Waals surface area (Å²) in [5.41, 5.74) is 6.90. The Morgan fingerprint density at radius 2 is 2.35 bits per heavy atom. The number of hydrogen-bond donors (Lipinski definition) is 1. The maximum absolute atomic E-state index is 5.97. The monoisotopic (exact) mass is 236 g/mol. The highest BCUT2D eigenvalue weighted by Gasteiger charge is 2.19. The molecule has 94 valence electrons. The van der Waals surface area contributed by atoms with E-state index in [-0.39, 0.29) is 6.04 Å². The van der Waals surface area contributed by atoms with E-state index >= 15 is 0 Å². The molecule has 1 aliphatic rings. The van der Waals surface area contributed by atoms with E-state index in [1.54, 1.807) is 0 Å². The zero-order valence-corrected chi connectivity index (χ0v) is 10.5. The summed E-state index contributed by atoms with van der Waals surface area (Å²) in [6, 6.07) is 2.08.